The predicted octanol–water partition coefficient (Wildman–Crippen LogP) is 4.54. The Morgan fingerprint density at radius 1 is 1.15 bits per heavy atom. The fourth-order valence-electron chi connectivity index (χ4n) is 2.10. The highest BCUT2D eigenvalue weighted by Gasteiger charge is 2.11. The molecule has 0 saturated carbocycles. The number of nitrogens with one attached hydrogen (secondary N) is 1. The van der Waals surface area contributed by atoms with Crippen molar-refractivity contribution in [1.29, 1.82) is 0 Å². The number of benzene rings is 2. The first-order chi connectivity index (χ1) is 9.63. The molecule has 1 N–H and O–H groups in total. The molecule has 0 spiro atoms. The summed E-state index contributed by atoms with van der Waals surface area (Å²) < 4.78 is 31.8. The monoisotopic (exact) mass is 277 g/mol. The maximum atomic E-state index is 13.6. The first-order valence-electron chi connectivity index (χ1n) is 6.49. The van der Waals surface area contributed by atoms with Gasteiger partial charge in [0.1, 0.15) is 5.82 Å². The van der Waals surface area contributed by atoms with Gasteiger partial charge in [-0.05, 0) is 36.2 Å². The number of ether oxygens (including phenoxy) is 1. The molecule has 0 bridgehead atoms. The summed E-state index contributed by atoms with van der Waals surface area (Å²) in [4.78, 5) is 0. The molecule has 0 aliphatic carbocycles. The average molecular weight is 277 g/mol. The smallest absolute Gasteiger partial charge is 0.167 e. The summed E-state index contributed by atoms with van der Waals surface area (Å²) in [6.45, 7) is 1.99. The molecule has 0 aliphatic rings. The summed E-state index contributed by atoms with van der Waals surface area (Å²) in [5, 5.41) is 3.20. The lowest BCUT2D eigenvalue weighted by Gasteiger charge is -2.19. The van der Waals surface area contributed by atoms with Gasteiger partial charge in [-0.2, -0.15) is 0 Å². The normalized spacial score (nSPS) is 12.0. The molecule has 0 amide bonds. The van der Waals surface area contributed by atoms with E-state index in [-0.39, 0.29) is 17.6 Å². The van der Waals surface area contributed by atoms with Gasteiger partial charge in [0.05, 0.1) is 13.2 Å². The lowest BCUT2D eigenvalue weighted by atomic mass is 10.0. The van der Waals surface area contributed by atoms with Crippen LogP contribution >= 0.6 is 0 Å². The van der Waals surface area contributed by atoms with Crippen molar-refractivity contribution in [3.63, 3.8) is 0 Å². The zero-order chi connectivity index (χ0) is 14.5. The molecule has 0 aliphatic heterocycles. The molecule has 106 valence electrons. The van der Waals surface area contributed by atoms with Crippen LogP contribution in [0.15, 0.2) is 42.5 Å². The second-order valence-electron chi connectivity index (χ2n) is 4.51. The number of methoxy groups -OCH3 is 1. The lowest BCUT2D eigenvalue weighted by molar-refractivity contribution is 0.386. The second-order valence-corrected chi connectivity index (χ2v) is 4.51. The third-order valence-corrected chi connectivity index (χ3v) is 3.15. The van der Waals surface area contributed by atoms with Crippen LogP contribution in [0.5, 0.6) is 5.75 Å². The van der Waals surface area contributed by atoms with Crippen LogP contribution in [0.1, 0.15) is 24.9 Å². The number of hydrogen-bond donors (Lipinski definition) is 1. The minimum atomic E-state index is -0.424. The third-order valence-electron chi connectivity index (χ3n) is 3.15. The molecule has 0 fully saturated rings. The summed E-state index contributed by atoms with van der Waals surface area (Å²) in [5.41, 5.74) is 1.48. The van der Waals surface area contributed by atoms with E-state index in [1.54, 1.807) is 18.2 Å². The van der Waals surface area contributed by atoms with Crippen LogP contribution in [0.2, 0.25) is 0 Å². The quantitative estimate of drug-likeness (QED) is 0.866. The summed E-state index contributed by atoms with van der Waals surface area (Å²) in [7, 11) is 1.42. The topological polar surface area (TPSA) is 21.3 Å². The van der Waals surface area contributed by atoms with Crippen molar-refractivity contribution in [1.82, 2.24) is 0 Å². The fourth-order valence-corrected chi connectivity index (χ4v) is 2.10. The van der Waals surface area contributed by atoms with Crippen molar-refractivity contribution < 1.29 is 13.5 Å². The van der Waals surface area contributed by atoms with Crippen LogP contribution in [-0.4, -0.2) is 7.11 Å². The zero-order valence-corrected chi connectivity index (χ0v) is 11.5. The van der Waals surface area contributed by atoms with Gasteiger partial charge in [0, 0.05) is 11.8 Å². The lowest BCUT2D eigenvalue weighted by Crippen LogP contribution is -2.10. The molecule has 20 heavy (non-hydrogen) atoms. The van der Waals surface area contributed by atoms with Crippen molar-refractivity contribution in [3.8, 4) is 5.75 Å². The van der Waals surface area contributed by atoms with Gasteiger partial charge >= 0.3 is 0 Å². The maximum absolute atomic E-state index is 13.6. The van der Waals surface area contributed by atoms with E-state index in [2.05, 4.69) is 5.32 Å². The molecule has 2 rings (SSSR count). The van der Waals surface area contributed by atoms with Crippen molar-refractivity contribution in [3.05, 3.63) is 59.7 Å². The first kappa shape index (κ1) is 14.3. The summed E-state index contributed by atoms with van der Waals surface area (Å²) in [5.74, 6) is -0.496. The van der Waals surface area contributed by atoms with E-state index in [0.29, 0.717) is 5.69 Å². The Bertz CT molecular complexity index is 586. The highest BCUT2D eigenvalue weighted by molar-refractivity contribution is 5.49. The Balaban J connectivity index is 2.20. The molecule has 1 atom stereocenters. The maximum Gasteiger partial charge on any atom is 0.167 e. The molecular formula is C16H17F2NO. The molecule has 1 unspecified atom stereocenters. The molecule has 0 radical (unpaired) electrons. The highest BCUT2D eigenvalue weighted by atomic mass is 19.1. The molecule has 0 heterocycles. The minimum Gasteiger partial charge on any atom is -0.494 e. The van der Waals surface area contributed by atoms with Gasteiger partial charge < -0.3 is 10.1 Å². The molecule has 4 heteroatoms. The van der Waals surface area contributed by atoms with Gasteiger partial charge in [0.25, 0.3) is 0 Å². The predicted molar refractivity (Wildman–Crippen MR) is 76.0 cm³/mol. The van der Waals surface area contributed by atoms with E-state index < -0.39 is 5.82 Å². The molecule has 0 saturated heterocycles. The number of rotatable bonds is 5. The van der Waals surface area contributed by atoms with Crippen LogP contribution in [0.4, 0.5) is 14.5 Å². The Labute approximate surface area is 117 Å². The Hall–Kier alpha value is -2.10. The van der Waals surface area contributed by atoms with E-state index >= 15 is 0 Å². The van der Waals surface area contributed by atoms with Crippen LogP contribution < -0.4 is 10.1 Å². The molecule has 2 nitrogen and oxygen atoms in total. The van der Waals surface area contributed by atoms with Gasteiger partial charge in [0.15, 0.2) is 11.6 Å². The van der Waals surface area contributed by atoms with Crippen LogP contribution in [0.25, 0.3) is 0 Å². The number of anilines is 1. The molecule has 2 aromatic rings. The van der Waals surface area contributed by atoms with Gasteiger partial charge in [-0.3, -0.25) is 0 Å². The van der Waals surface area contributed by atoms with Crippen molar-refractivity contribution in [2.45, 2.75) is 19.4 Å². The fraction of sp³-hybridized carbons (Fsp3) is 0.250. The second kappa shape index (κ2) is 6.37. The van der Waals surface area contributed by atoms with Crippen molar-refractivity contribution >= 4 is 5.69 Å². The van der Waals surface area contributed by atoms with Gasteiger partial charge in [0.2, 0.25) is 0 Å². The van der Waals surface area contributed by atoms with E-state index in [4.69, 9.17) is 4.74 Å². The number of hydrogen-bond acceptors (Lipinski definition) is 2. The molecule has 2 aromatic carbocycles. The zero-order valence-electron chi connectivity index (χ0n) is 11.5. The van der Waals surface area contributed by atoms with E-state index in [1.165, 1.54) is 25.3 Å². The standard InChI is InChI=1S/C16H17F2NO/c1-3-15(11-5-4-6-12(17)9-11)19-13-7-8-16(20-2)14(18)10-13/h4-10,15,19H,3H2,1-2H3. The molecular weight excluding hydrogens is 260 g/mol. The Kier molecular flexibility index (Phi) is 4.56. The highest BCUT2D eigenvalue weighted by Crippen LogP contribution is 2.26. The summed E-state index contributed by atoms with van der Waals surface area (Å²) >= 11 is 0. The Morgan fingerprint density at radius 2 is 1.95 bits per heavy atom. The van der Waals surface area contributed by atoms with Gasteiger partial charge in [-0.25, -0.2) is 8.78 Å². The average Bonchev–Trinajstić information content (AvgIpc) is 2.45. The SMILES string of the molecule is CCC(Nc1ccc(OC)c(F)c1)c1cccc(F)c1. The summed E-state index contributed by atoms with van der Waals surface area (Å²) in [6.07, 6.45) is 0.761. The van der Waals surface area contributed by atoms with E-state index in [1.807, 2.05) is 13.0 Å². The van der Waals surface area contributed by atoms with Crippen molar-refractivity contribution in [2.75, 3.05) is 12.4 Å². The van der Waals surface area contributed by atoms with Crippen LogP contribution in [0.3, 0.4) is 0 Å². The van der Waals surface area contributed by atoms with Gasteiger partial charge in [-0.1, -0.05) is 19.1 Å². The first-order valence-corrected chi connectivity index (χ1v) is 6.49. The Morgan fingerprint density at radius 3 is 2.55 bits per heavy atom. The third kappa shape index (κ3) is 3.26. The number of halogens is 2. The van der Waals surface area contributed by atoms with Crippen LogP contribution in [-0.2, 0) is 0 Å². The largest absolute Gasteiger partial charge is 0.494 e. The van der Waals surface area contributed by atoms with Gasteiger partial charge in [-0.15, -0.1) is 0 Å². The van der Waals surface area contributed by atoms with E-state index in [9.17, 15) is 8.78 Å². The minimum absolute atomic E-state index is 0.0708. The van der Waals surface area contributed by atoms with E-state index in [0.717, 1.165) is 12.0 Å². The van der Waals surface area contributed by atoms with Crippen LogP contribution in [0, 0.1) is 11.6 Å². The molecule has 0 aromatic heterocycles. The summed E-state index contributed by atoms with van der Waals surface area (Å²) in [6, 6.07) is 11.0. The van der Waals surface area contributed by atoms with Crippen molar-refractivity contribution in [2.24, 2.45) is 0 Å².